The van der Waals surface area contributed by atoms with Crippen LogP contribution in [0, 0.1) is 150 Å². The quantitative estimate of drug-likeness (QED) is 0.0359. The fraction of sp³-hybridized carbons (Fsp3) is 0.916. The molecular weight excluding hydrogens is 1810 g/mol. The number of carbonyl (C=O) groups excluding carboxylic acids is 10. The van der Waals surface area contributed by atoms with Gasteiger partial charge in [0.25, 0.3) is 0 Å². The molecule has 18 aliphatic carbocycles. The lowest BCUT2D eigenvalue weighted by Gasteiger charge is -2.59. The fourth-order valence-electron chi connectivity index (χ4n) is 37.0. The van der Waals surface area contributed by atoms with E-state index in [4.69, 9.17) is 56.8 Å². The van der Waals surface area contributed by atoms with Crippen molar-refractivity contribution >= 4 is 59.7 Å². The van der Waals surface area contributed by atoms with Gasteiger partial charge >= 0.3 is 59.7 Å². The van der Waals surface area contributed by atoms with E-state index in [0.29, 0.717) is 106 Å². The molecule has 18 saturated carbocycles. The second-order valence-corrected chi connectivity index (χ2v) is 55.4. The normalized spacial score (nSPS) is 42.6. The van der Waals surface area contributed by atoms with Crippen molar-refractivity contribution in [2.45, 2.75) is 537 Å². The summed E-state index contributed by atoms with van der Waals surface area (Å²) in [4.78, 5) is 132. The Kier molecular flexibility index (Phi) is 29.8. The Balaban J connectivity index is 0.000000137. The number of hydrogen-bond donors (Lipinski definition) is 2. The molecule has 0 spiro atoms. The van der Waals surface area contributed by atoms with E-state index in [1.807, 2.05) is 76.2 Å². The summed E-state index contributed by atoms with van der Waals surface area (Å²) in [6.45, 7) is 39.5. The predicted molar refractivity (Wildman–Crippen MR) is 539 cm³/mol. The number of esters is 10. The van der Waals surface area contributed by atoms with Crippen LogP contribution in [0.25, 0.3) is 0 Å². The highest BCUT2D eigenvalue weighted by atomic mass is 16.7. The zero-order chi connectivity index (χ0) is 100. The van der Waals surface area contributed by atoms with Crippen molar-refractivity contribution < 1.29 is 115 Å². The van der Waals surface area contributed by atoms with Gasteiger partial charge in [-0.1, -0.05) is 77.7 Å². The molecule has 0 aromatic heterocycles. The molecule has 6 aliphatic heterocycles. The van der Waals surface area contributed by atoms with E-state index in [1.165, 1.54) is 51.4 Å². The van der Waals surface area contributed by atoms with Crippen molar-refractivity contribution in [3.05, 3.63) is 0 Å². The highest BCUT2D eigenvalue weighted by Crippen LogP contribution is 2.74. The Bertz CT molecular complexity index is 4730. The van der Waals surface area contributed by atoms with Crippen LogP contribution in [0.4, 0.5) is 0 Å². The Hall–Kier alpha value is -5.46. The minimum Gasteiger partial charge on any atom is -0.459 e. The highest BCUT2D eigenvalue weighted by molar-refractivity contribution is 5.85. The Morgan fingerprint density at radius 1 is 0.329 bits per heavy atom. The molecule has 24 rings (SSSR count). The minimum atomic E-state index is -1.01. The van der Waals surface area contributed by atoms with E-state index in [1.54, 1.807) is 20.8 Å². The van der Waals surface area contributed by atoms with E-state index in [2.05, 4.69) is 41.5 Å². The summed E-state index contributed by atoms with van der Waals surface area (Å²) < 4.78 is 72.5. The third-order valence-electron chi connectivity index (χ3n) is 43.8. The summed E-state index contributed by atoms with van der Waals surface area (Å²) in [5.41, 5.74) is -10.1. The first-order chi connectivity index (χ1) is 65.7. The zero-order valence-electron chi connectivity index (χ0n) is 89.0. The number of ether oxygens (including phenoxy) is 12. The molecule has 0 radical (unpaired) electrons. The molecule has 32 unspecified atom stereocenters. The Labute approximate surface area is 856 Å². The van der Waals surface area contributed by atoms with Crippen molar-refractivity contribution in [1.82, 2.24) is 0 Å². The number of rotatable bonds is 32. The van der Waals surface area contributed by atoms with Gasteiger partial charge in [-0.05, 0) is 436 Å². The molecule has 808 valence electrons. The van der Waals surface area contributed by atoms with Crippen LogP contribution in [0.15, 0.2) is 0 Å². The minimum absolute atomic E-state index is 0. The summed E-state index contributed by atoms with van der Waals surface area (Å²) in [6.07, 6.45) is 36.4. The first kappa shape index (κ1) is 110. The lowest BCUT2D eigenvalue weighted by molar-refractivity contribution is -0.229. The second kappa shape index (κ2) is 38.7. The van der Waals surface area contributed by atoms with Crippen LogP contribution in [-0.4, -0.2) is 164 Å². The molecule has 0 amide bonds. The topological polar surface area (TPSA) is 322 Å². The third-order valence-corrected chi connectivity index (χ3v) is 43.8. The maximum Gasteiger partial charge on any atom is 0.312 e. The van der Waals surface area contributed by atoms with Crippen molar-refractivity contribution in [2.24, 2.45) is 150 Å². The molecule has 32 atom stereocenters. The molecule has 20 bridgehead atoms. The molecule has 24 fully saturated rings. The van der Waals surface area contributed by atoms with Gasteiger partial charge in [0.05, 0.1) is 78.6 Å². The van der Waals surface area contributed by atoms with Gasteiger partial charge in [-0.2, -0.15) is 0 Å². The molecular formula is C119H188O24. The summed E-state index contributed by atoms with van der Waals surface area (Å²) in [5.74, 6) is 8.41. The van der Waals surface area contributed by atoms with Gasteiger partial charge in [0.1, 0.15) is 45.8 Å². The van der Waals surface area contributed by atoms with Crippen LogP contribution in [0.2, 0.25) is 0 Å². The van der Waals surface area contributed by atoms with Gasteiger partial charge in [-0.3, -0.25) is 47.9 Å². The standard InChI is InChI=1S/C38H58O4.C30H46O6.C24H30O10.C24H42O4.3CH4/c1-7-36(6,34(40)42-38(9-3)19-26-17-28(38)32-24-13-11-22(15-24)30(26)32)20-35(4,5)33(39)41-37(8-2)18-25-16-27(37)31-23-12-10-21(14-23)29(25)31;1-5-26(4,24(32)36-30-14-21-7-22(15-30)11-28(34,10-21)18-30)16-25(2,3)23(31)35-29-12-19-6-20(13-29)9-27(33,8-19)17-29;1-5-24(4,22(28)34-16-12-7-10-14(30-12)18(16)32-20(10)26)8-23(2,3)21(27)33-15-11-6-9-13(29-11)17(15)31-19(9)25;1-7-22(6,20(26)28-24(9-3)16-12-13-17-24)18-21(4,5)19(25)27-23(8-2)14-10-11-15-23;;;/h21-32H,7-20H2,1-6H3;19-22,33-34H,5-18H2,1-4H3;9-18H,5-8H2,1-4H3;7-18H2,1-6H3;3*1H4. The first-order valence-electron chi connectivity index (χ1n) is 56.7. The third kappa shape index (κ3) is 19.2. The molecule has 0 aromatic rings. The van der Waals surface area contributed by atoms with Crippen LogP contribution >= 0.6 is 0 Å². The Morgan fingerprint density at radius 3 is 0.979 bits per heavy atom. The molecule has 143 heavy (non-hydrogen) atoms. The van der Waals surface area contributed by atoms with E-state index in [0.717, 1.165) is 213 Å². The summed E-state index contributed by atoms with van der Waals surface area (Å²) in [7, 11) is 0. The van der Waals surface area contributed by atoms with E-state index >= 15 is 0 Å². The van der Waals surface area contributed by atoms with Gasteiger partial charge in [0, 0.05) is 24.7 Å². The zero-order valence-corrected chi connectivity index (χ0v) is 89.0. The predicted octanol–water partition coefficient (Wildman–Crippen LogP) is 23.0. The number of carbonyl (C=O) groups is 10. The lowest BCUT2D eigenvalue weighted by atomic mass is 9.52. The van der Waals surface area contributed by atoms with Gasteiger partial charge in [0.15, 0.2) is 24.4 Å². The van der Waals surface area contributed by atoms with Crippen LogP contribution in [-0.2, 0) is 105 Å². The van der Waals surface area contributed by atoms with E-state index in [-0.39, 0.29) is 135 Å². The Morgan fingerprint density at radius 2 is 0.629 bits per heavy atom. The number of fused-ring (bicyclic) bond motifs is 20. The van der Waals surface area contributed by atoms with Crippen LogP contribution < -0.4 is 0 Å². The summed E-state index contributed by atoms with van der Waals surface area (Å²) in [5, 5.41) is 22.2. The van der Waals surface area contributed by atoms with Crippen molar-refractivity contribution in [3.63, 3.8) is 0 Å². The van der Waals surface area contributed by atoms with E-state index in [9.17, 15) is 58.2 Å². The number of hydrogen-bond acceptors (Lipinski definition) is 24. The monoisotopic (exact) mass is 2000 g/mol. The molecule has 2 N–H and O–H groups in total. The van der Waals surface area contributed by atoms with Gasteiger partial charge in [-0.25, -0.2) is 0 Å². The second-order valence-electron chi connectivity index (χ2n) is 55.4. The largest absolute Gasteiger partial charge is 0.459 e. The molecule has 24 nitrogen and oxygen atoms in total. The molecule has 0 aromatic carbocycles. The fourth-order valence-corrected chi connectivity index (χ4v) is 37.0. The number of aliphatic hydroxyl groups is 2. The molecule has 24 heteroatoms. The van der Waals surface area contributed by atoms with Gasteiger partial charge in [0.2, 0.25) is 0 Å². The first-order valence-corrected chi connectivity index (χ1v) is 56.7. The van der Waals surface area contributed by atoms with Crippen molar-refractivity contribution in [1.29, 1.82) is 0 Å². The molecule has 24 aliphatic rings. The maximum absolute atomic E-state index is 14.2. The molecule has 6 heterocycles. The highest BCUT2D eigenvalue weighted by Gasteiger charge is 2.74. The van der Waals surface area contributed by atoms with Gasteiger partial charge < -0.3 is 67.1 Å². The van der Waals surface area contributed by atoms with Crippen molar-refractivity contribution in [2.75, 3.05) is 0 Å². The lowest BCUT2D eigenvalue weighted by Crippen LogP contribution is -2.61. The smallest absolute Gasteiger partial charge is 0.312 e. The summed E-state index contributed by atoms with van der Waals surface area (Å²) >= 11 is 0. The van der Waals surface area contributed by atoms with Crippen LogP contribution in [0.5, 0.6) is 0 Å². The molecule has 6 saturated heterocycles. The van der Waals surface area contributed by atoms with Gasteiger partial charge in [-0.15, -0.1) is 0 Å². The van der Waals surface area contributed by atoms with Crippen LogP contribution in [0.3, 0.4) is 0 Å². The average Bonchev–Trinajstić information content (AvgIpc) is 1.51. The average molecular weight is 2000 g/mol. The maximum atomic E-state index is 14.2. The van der Waals surface area contributed by atoms with Crippen molar-refractivity contribution in [3.8, 4) is 0 Å². The van der Waals surface area contributed by atoms with Crippen LogP contribution in [0.1, 0.15) is 443 Å². The summed E-state index contributed by atoms with van der Waals surface area (Å²) in [6, 6.07) is 0. The van der Waals surface area contributed by atoms with E-state index < -0.39 is 102 Å². The SMILES string of the molecule is C.C.C.CCC(C)(CC(C)(C)C(=O)OC1(CC)CC2CC1C1C3CCC(C3)C21)C(=O)OC1(CC)CC2CC1C1C3CCC(C3)C21.CCC(C)(CC(C)(C)C(=O)OC12CC3CC(CC(O)(C3)C1)C2)C(=O)OC12CC3CC(CC(O)(C3)C1)C2.CCC(C)(CC(C)(C)C(=O)OC1C2CC3C(=O)OC1C3O2)C(=O)OC1C2CC3C(=O)OC1C3O2.CCC1(OC(=O)C(C)(C)CC(C)(CC)C(=O)OC2(CC)CCCC2)CCCC1.